The zero-order valence-electron chi connectivity index (χ0n) is 10.9. The molecule has 0 heterocycles. The lowest BCUT2D eigenvalue weighted by Crippen LogP contribution is -2.36. The topological polar surface area (TPSA) is 52.6 Å². The average molecular weight is 254 g/mol. The highest BCUT2D eigenvalue weighted by Gasteiger charge is 2.11. The quantitative estimate of drug-likeness (QED) is 0.839. The summed E-state index contributed by atoms with van der Waals surface area (Å²) < 4.78 is 12.8. The van der Waals surface area contributed by atoms with Gasteiger partial charge in [0.15, 0.2) is 0 Å². The van der Waals surface area contributed by atoms with Crippen molar-refractivity contribution in [1.82, 2.24) is 10.2 Å². The minimum absolute atomic E-state index is 0.0867. The van der Waals surface area contributed by atoms with Crippen LogP contribution in [-0.2, 0) is 0 Å². The van der Waals surface area contributed by atoms with Crippen molar-refractivity contribution < 1.29 is 14.3 Å². The standard InChI is InChI=1S/C13H19FN2O2/c1-9(2)16(3)7-6-15-13(18)11-5-4-10(14)8-12(11)17/h4-5,8-9,17H,6-7H2,1-3H3,(H,15,18). The van der Waals surface area contributed by atoms with Crippen molar-refractivity contribution in [1.29, 1.82) is 0 Å². The van der Waals surface area contributed by atoms with Gasteiger partial charge in [0.2, 0.25) is 0 Å². The Kier molecular flexibility index (Phi) is 5.09. The summed E-state index contributed by atoms with van der Waals surface area (Å²) in [6, 6.07) is 3.75. The van der Waals surface area contributed by atoms with Crippen molar-refractivity contribution in [3.05, 3.63) is 29.6 Å². The van der Waals surface area contributed by atoms with E-state index in [0.29, 0.717) is 19.1 Å². The van der Waals surface area contributed by atoms with Crippen LogP contribution in [-0.4, -0.2) is 42.1 Å². The molecule has 18 heavy (non-hydrogen) atoms. The number of nitrogens with zero attached hydrogens (tertiary/aromatic N) is 1. The van der Waals surface area contributed by atoms with E-state index in [9.17, 15) is 14.3 Å². The molecule has 0 bridgehead atoms. The van der Waals surface area contributed by atoms with E-state index in [4.69, 9.17) is 0 Å². The number of phenols is 1. The van der Waals surface area contributed by atoms with E-state index >= 15 is 0 Å². The molecule has 1 aromatic rings. The number of carbonyl (C=O) groups is 1. The maximum atomic E-state index is 12.8. The molecule has 0 saturated carbocycles. The Morgan fingerprint density at radius 1 is 1.50 bits per heavy atom. The predicted molar refractivity (Wildman–Crippen MR) is 68.2 cm³/mol. The van der Waals surface area contributed by atoms with Gasteiger partial charge in [-0.2, -0.15) is 0 Å². The van der Waals surface area contributed by atoms with Crippen molar-refractivity contribution in [3.8, 4) is 5.75 Å². The Balaban J connectivity index is 2.51. The van der Waals surface area contributed by atoms with Gasteiger partial charge in [-0.25, -0.2) is 4.39 Å². The van der Waals surface area contributed by atoms with Crippen LogP contribution in [0.5, 0.6) is 5.75 Å². The first-order valence-electron chi connectivity index (χ1n) is 5.88. The third kappa shape index (κ3) is 4.00. The normalized spacial score (nSPS) is 11.0. The number of aromatic hydroxyl groups is 1. The van der Waals surface area contributed by atoms with Gasteiger partial charge in [0.05, 0.1) is 5.56 Å². The van der Waals surface area contributed by atoms with Crippen LogP contribution < -0.4 is 5.32 Å². The van der Waals surface area contributed by atoms with Gasteiger partial charge in [0.25, 0.3) is 5.91 Å². The minimum Gasteiger partial charge on any atom is -0.507 e. The van der Waals surface area contributed by atoms with Gasteiger partial charge >= 0.3 is 0 Å². The van der Waals surface area contributed by atoms with E-state index in [1.54, 1.807) is 0 Å². The fraction of sp³-hybridized carbons (Fsp3) is 0.462. The van der Waals surface area contributed by atoms with Crippen molar-refractivity contribution >= 4 is 5.91 Å². The first kappa shape index (κ1) is 14.4. The van der Waals surface area contributed by atoms with Gasteiger partial charge in [-0.15, -0.1) is 0 Å². The zero-order valence-corrected chi connectivity index (χ0v) is 10.9. The maximum Gasteiger partial charge on any atom is 0.255 e. The molecule has 100 valence electrons. The highest BCUT2D eigenvalue weighted by Crippen LogP contribution is 2.17. The van der Waals surface area contributed by atoms with Gasteiger partial charge in [-0.1, -0.05) is 0 Å². The number of nitrogens with one attached hydrogen (secondary N) is 1. The summed E-state index contributed by atoms with van der Waals surface area (Å²) >= 11 is 0. The summed E-state index contributed by atoms with van der Waals surface area (Å²) in [7, 11) is 1.96. The number of hydrogen-bond donors (Lipinski definition) is 2. The van der Waals surface area contributed by atoms with Crippen molar-refractivity contribution in [2.45, 2.75) is 19.9 Å². The van der Waals surface area contributed by atoms with Crippen LogP contribution in [0.4, 0.5) is 4.39 Å². The summed E-state index contributed by atoms with van der Waals surface area (Å²) in [5, 5.41) is 12.1. The Hall–Kier alpha value is -1.62. The molecule has 5 heteroatoms. The average Bonchev–Trinajstić information content (AvgIpc) is 2.28. The summed E-state index contributed by atoms with van der Waals surface area (Å²) in [4.78, 5) is 13.8. The first-order chi connectivity index (χ1) is 8.41. The van der Waals surface area contributed by atoms with Crippen LogP contribution in [0.1, 0.15) is 24.2 Å². The van der Waals surface area contributed by atoms with E-state index < -0.39 is 11.7 Å². The zero-order chi connectivity index (χ0) is 13.7. The lowest BCUT2D eigenvalue weighted by Gasteiger charge is -2.20. The van der Waals surface area contributed by atoms with Gasteiger partial charge < -0.3 is 15.3 Å². The van der Waals surface area contributed by atoms with Crippen LogP contribution in [0.25, 0.3) is 0 Å². The van der Waals surface area contributed by atoms with Crippen molar-refractivity contribution in [2.75, 3.05) is 20.1 Å². The maximum absolute atomic E-state index is 12.8. The summed E-state index contributed by atoms with van der Waals surface area (Å²) in [6.07, 6.45) is 0. The lowest BCUT2D eigenvalue weighted by molar-refractivity contribution is 0.0945. The Bertz CT molecular complexity index is 421. The fourth-order valence-electron chi connectivity index (χ4n) is 1.40. The molecule has 1 rings (SSSR count). The molecule has 2 N–H and O–H groups in total. The molecular formula is C13H19FN2O2. The van der Waals surface area contributed by atoms with Gasteiger partial charge in [0.1, 0.15) is 11.6 Å². The van der Waals surface area contributed by atoms with Crippen LogP contribution in [0.15, 0.2) is 18.2 Å². The smallest absolute Gasteiger partial charge is 0.255 e. The van der Waals surface area contributed by atoms with E-state index in [1.165, 1.54) is 6.07 Å². The van der Waals surface area contributed by atoms with Crippen LogP contribution in [0, 0.1) is 5.82 Å². The van der Waals surface area contributed by atoms with E-state index in [0.717, 1.165) is 12.1 Å². The number of hydrogen-bond acceptors (Lipinski definition) is 3. The van der Waals surface area contributed by atoms with Gasteiger partial charge in [-0.05, 0) is 33.0 Å². The van der Waals surface area contributed by atoms with Crippen molar-refractivity contribution in [2.24, 2.45) is 0 Å². The van der Waals surface area contributed by atoms with Crippen molar-refractivity contribution in [3.63, 3.8) is 0 Å². The Labute approximate surface area is 106 Å². The number of carbonyl (C=O) groups excluding carboxylic acids is 1. The van der Waals surface area contributed by atoms with Gasteiger partial charge in [0, 0.05) is 25.2 Å². The number of benzene rings is 1. The molecule has 0 aromatic heterocycles. The summed E-state index contributed by atoms with van der Waals surface area (Å²) in [6.45, 7) is 5.32. The second kappa shape index (κ2) is 6.35. The largest absolute Gasteiger partial charge is 0.507 e. The molecule has 0 aliphatic heterocycles. The van der Waals surface area contributed by atoms with Crippen LogP contribution in [0.2, 0.25) is 0 Å². The van der Waals surface area contributed by atoms with E-state index in [1.807, 2.05) is 7.05 Å². The summed E-state index contributed by atoms with van der Waals surface area (Å²) in [5.41, 5.74) is 0.0867. The number of amides is 1. The number of phenolic OH excluding ortho intramolecular Hbond substituents is 1. The van der Waals surface area contributed by atoms with E-state index in [-0.39, 0.29) is 11.3 Å². The monoisotopic (exact) mass is 254 g/mol. The third-order valence-electron chi connectivity index (χ3n) is 2.84. The van der Waals surface area contributed by atoms with Gasteiger partial charge in [-0.3, -0.25) is 4.79 Å². The molecule has 1 amide bonds. The molecule has 0 unspecified atom stereocenters. The first-order valence-corrected chi connectivity index (χ1v) is 5.88. The molecule has 0 saturated heterocycles. The molecule has 0 fully saturated rings. The molecule has 0 atom stereocenters. The van der Waals surface area contributed by atoms with Crippen LogP contribution in [0.3, 0.4) is 0 Å². The number of likely N-dealkylation sites (N-methyl/N-ethyl adjacent to an activating group) is 1. The lowest BCUT2D eigenvalue weighted by atomic mass is 10.2. The molecular weight excluding hydrogens is 235 g/mol. The third-order valence-corrected chi connectivity index (χ3v) is 2.84. The highest BCUT2D eigenvalue weighted by atomic mass is 19.1. The second-order valence-corrected chi connectivity index (χ2v) is 4.49. The molecule has 0 aliphatic carbocycles. The Morgan fingerprint density at radius 2 is 2.17 bits per heavy atom. The molecule has 0 spiro atoms. The number of rotatable bonds is 5. The molecule has 0 radical (unpaired) electrons. The SMILES string of the molecule is CC(C)N(C)CCNC(=O)c1ccc(F)cc1O. The highest BCUT2D eigenvalue weighted by molar-refractivity contribution is 5.96. The summed E-state index contributed by atoms with van der Waals surface area (Å²) in [5.74, 6) is -1.31. The minimum atomic E-state index is -0.566. The predicted octanol–water partition coefficient (Wildman–Crippen LogP) is 1.60. The molecule has 1 aromatic carbocycles. The second-order valence-electron chi connectivity index (χ2n) is 4.49. The molecule has 0 aliphatic rings. The van der Waals surface area contributed by atoms with Crippen LogP contribution >= 0.6 is 0 Å². The molecule has 4 nitrogen and oxygen atoms in total. The fourth-order valence-corrected chi connectivity index (χ4v) is 1.40. The number of halogens is 1. The Morgan fingerprint density at radius 3 is 2.72 bits per heavy atom. The van der Waals surface area contributed by atoms with E-state index in [2.05, 4.69) is 24.1 Å².